The first kappa shape index (κ1) is 15.9. The second-order valence-corrected chi connectivity index (χ2v) is 6.55. The van der Waals surface area contributed by atoms with E-state index in [2.05, 4.69) is 15.3 Å². The number of benzene rings is 1. The van der Waals surface area contributed by atoms with Crippen molar-refractivity contribution in [3.05, 3.63) is 65.4 Å². The Morgan fingerprint density at radius 3 is 2.72 bits per heavy atom. The number of halogens is 1. The van der Waals surface area contributed by atoms with E-state index in [-0.39, 0.29) is 11.5 Å². The van der Waals surface area contributed by atoms with Crippen LogP contribution in [0, 0.1) is 0 Å². The molecule has 0 aliphatic heterocycles. The Labute approximate surface area is 151 Å². The summed E-state index contributed by atoms with van der Waals surface area (Å²) in [6.45, 7) is 0. The quantitative estimate of drug-likeness (QED) is 0.390. The van der Waals surface area contributed by atoms with Crippen LogP contribution in [0.15, 0.2) is 64.4 Å². The molecule has 124 valence electrons. The van der Waals surface area contributed by atoms with Gasteiger partial charge in [-0.1, -0.05) is 23.4 Å². The summed E-state index contributed by atoms with van der Waals surface area (Å²) in [5, 5.41) is 13.8. The maximum absolute atomic E-state index is 12.3. The molecule has 0 saturated carbocycles. The van der Waals surface area contributed by atoms with Crippen molar-refractivity contribution in [2.45, 2.75) is 5.16 Å². The monoisotopic (exact) mass is 370 g/mol. The largest absolute Gasteiger partial charge is 0.463 e. The van der Waals surface area contributed by atoms with Crippen molar-refractivity contribution in [2.24, 2.45) is 0 Å². The zero-order valence-corrected chi connectivity index (χ0v) is 14.4. The third-order valence-electron chi connectivity index (χ3n) is 3.51. The van der Waals surface area contributed by atoms with E-state index in [4.69, 9.17) is 16.0 Å². The summed E-state index contributed by atoms with van der Waals surface area (Å²) in [6, 6.07) is 14.1. The lowest BCUT2D eigenvalue weighted by Crippen LogP contribution is -2.03. The highest BCUT2D eigenvalue weighted by atomic mass is 35.5. The predicted molar refractivity (Wildman–Crippen MR) is 95.0 cm³/mol. The molecular formula is C17H11ClN4O2S. The van der Waals surface area contributed by atoms with E-state index in [1.54, 1.807) is 41.1 Å². The summed E-state index contributed by atoms with van der Waals surface area (Å²) in [6.07, 6.45) is 1.59. The number of nitrogens with zero attached hydrogens (tertiary/aromatic N) is 4. The number of ketones is 1. The Hall–Kier alpha value is -2.64. The minimum absolute atomic E-state index is 0.0133. The zero-order valence-electron chi connectivity index (χ0n) is 12.8. The SMILES string of the molecule is O=C(CSc1nnc2ccc(-c3ccco3)nn12)c1ccc(Cl)cc1. The van der Waals surface area contributed by atoms with Gasteiger partial charge in [-0.05, 0) is 48.5 Å². The average Bonchev–Trinajstić information content (AvgIpc) is 3.30. The van der Waals surface area contributed by atoms with Gasteiger partial charge >= 0.3 is 0 Å². The molecule has 0 saturated heterocycles. The van der Waals surface area contributed by atoms with Crippen LogP contribution in [0.4, 0.5) is 0 Å². The van der Waals surface area contributed by atoms with Crippen LogP contribution in [0.2, 0.25) is 5.02 Å². The number of fused-ring (bicyclic) bond motifs is 1. The first-order valence-electron chi connectivity index (χ1n) is 7.38. The zero-order chi connectivity index (χ0) is 17.2. The first-order chi connectivity index (χ1) is 12.2. The van der Waals surface area contributed by atoms with Crippen molar-refractivity contribution in [1.82, 2.24) is 19.8 Å². The Balaban J connectivity index is 1.56. The number of hydrogen-bond acceptors (Lipinski definition) is 6. The standard InChI is InChI=1S/C17H11ClN4O2S/c18-12-5-3-11(4-6-12)14(23)10-25-17-20-19-16-8-7-13(21-22(16)17)15-2-1-9-24-15/h1-9H,10H2. The fourth-order valence-electron chi connectivity index (χ4n) is 2.26. The molecule has 4 aromatic rings. The minimum Gasteiger partial charge on any atom is -0.463 e. The van der Waals surface area contributed by atoms with Gasteiger partial charge in [-0.25, -0.2) is 0 Å². The van der Waals surface area contributed by atoms with E-state index in [0.29, 0.717) is 32.8 Å². The number of thioether (sulfide) groups is 1. The molecule has 0 aliphatic rings. The van der Waals surface area contributed by atoms with Gasteiger partial charge in [0, 0.05) is 10.6 Å². The molecule has 25 heavy (non-hydrogen) atoms. The fraction of sp³-hybridized carbons (Fsp3) is 0.0588. The van der Waals surface area contributed by atoms with Crippen molar-refractivity contribution in [3.8, 4) is 11.5 Å². The molecule has 0 spiro atoms. The molecule has 3 heterocycles. The second kappa shape index (κ2) is 6.70. The van der Waals surface area contributed by atoms with Gasteiger partial charge in [-0.15, -0.1) is 10.2 Å². The molecule has 1 aromatic carbocycles. The molecule has 0 fully saturated rings. The molecule has 8 heteroatoms. The summed E-state index contributed by atoms with van der Waals surface area (Å²) < 4.78 is 6.97. The van der Waals surface area contributed by atoms with Crippen molar-refractivity contribution in [1.29, 1.82) is 0 Å². The number of carbonyl (C=O) groups is 1. The fourth-order valence-corrected chi connectivity index (χ4v) is 3.17. The second-order valence-electron chi connectivity index (χ2n) is 5.17. The van der Waals surface area contributed by atoms with Crippen LogP contribution in [-0.2, 0) is 0 Å². The van der Waals surface area contributed by atoms with E-state index in [1.807, 2.05) is 18.2 Å². The average molecular weight is 371 g/mol. The van der Waals surface area contributed by atoms with Crippen LogP contribution >= 0.6 is 23.4 Å². The van der Waals surface area contributed by atoms with Crippen molar-refractivity contribution >= 4 is 34.8 Å². The molecule has 3 aromatic heterocycles. The highest BCUT2D eigenvalue weighted by molar-refractivity contribution is 7.99. The smallest absolute Gasteiger partial charge is 0.212 e. The van der Waals surface area contributed by atoms with E-state index in [9.17, 15) is 4.79 Å². The van der Waals surface area contributed by atoms with Gasteiger partial charge in [0.15, 0.2) is 17.2 Å². The number of aromatic nitrogens is 4. The lowest BCUT2D eigenvalue weighted by atomic mass is 10.1. The Morgan fingerprint density at radius 2 is 1.96 bits per heavy atom. The maximum Gasteiger partial charge on any atom is 0.212 e. The van der Waals surface area contributed by atoms with Crippen LogP contribution < -0.4 is 0 Å². The van der Waals surface area contributed by atoms with Gasteiger partial charge in [0.05, 0.1) is 12.0 Å². The van der Waals surface area contributed by atoms with Crippen LogP contribution in [0.3, 0.4) is 0 Å². The first-order valence-corrected chi connectivity index (χ1v) is 8.75. The molecule has 0 amide bonds. The summed E-state index contributed by atoms with van der Waals surface area (Å²) in [5.74, 6) is 0.874. The van der Waals surface area contributed by atoms with Gasteiger partial charge in [-0.3, -0.25) is 4.79 Å². The van der Waals surface area contributed by atoms with Crippen LogP contribution in [0.25, 0.3) is 17.1 Å². The molecule has 6 nitrogen and oxygen atoms in total. The molecule has 0 aliphatic carbocycles. The Bertz CT molecular complexity index is 1030. The van der Waals surface area contributed by atoms with Gasteiger partial charge in [0.1, 0.15) is 5.69 Å². The number of carbonyl (C=O) groups excluding carboxylic acids is 1. The predicted octanol–water partition coefficient (Wildman–Crippen LogP) is 4.01. The number of rotatable bonds is 5. The van der Waals surface area contributed by atoms with Gasteiger partial charge in [-0.2, -0.15) is 9.61 Å². The van der Waals surface area contributed by atoms with Crippen molar-refractivity contribution in [3.63, 3.8) is 0 Å². The van der Waals surface area contributed by atoms with E-state index in [0.717, 1.165) is 0 Å². The highest BCUT2D eigenvalue weighted by Crippen LogP contribution is 2.22. The lowest BCUT2D eigenvalue weighted by molar-refractivity contribution is 0.102. The van der Waals surface area contributed by atoms with Gasteiger partial charge in [0.2, 0.25) is 5.16 Å². The highest BCUT2D eigenvalue weighted by Gasteiger charge is 2.13. The van der Waals surface area contributed by atoms with Crippen molar-refractivity contribution in [2.75, 3.05) is 5.75 Å². The number of furan rings is 1. The Morgan fingerprint density at radius 1 is 1.12 bits per heavy atom. The van der Waals surface area contributed by atoms with E-state index in [1.165, 1.54) is 11.8 Å². The van der Waals surface area contributed by atoms with Crippen LogP contribution in [0.1, 0.15) is 10.4 Å². The molecule has 0 atom stereocenters. The molecule has 0 bridgehead atoms. The number of Topliss-reactive ketones (excluding diaryl/α,β-unsaturated/α-hetero) is 1. The maximum atomic E-state index is 12.3. The summed E-state index contributed by atoms with van der Waals surface area (Å²) >= 11 is 7.13. The summed E-state index contributed by atoms with van der Waals surface area (Å²) in [5.41, 5.74) is 1.88. The number of hydrogen-bond donors (Lipinski definition) is 0. The third-order valence-corrected chi connectivity index (χ3v) is 4.68. The minimum atomic E-state index is -0.0133. The van der Waals surface area contributed by atoms with E-state index < -0.39 is 0 Å². The normalized spacial score (nSPS) is 11.1. The summed E-state index contributed by atoms with van der Waals surface area (Å²) in [7, 11) is 0. The molecular weight excluding hydrogens is 360 g/mol. The van der Waals surface area contributed by atoms with E-state index >= 15 is 0 Å². The molecule has 0 radical (unpaired) electrons. The Kier molecular flexibility index (Phi) is 4.25. The van der Waals surface area contributed by atoms with Gasteiger partial charge in [0.25, 0.3) is 0 Å². The lowest BCUT2D eigenvalue weighted by Gasteiger charge is -2.02. The third kappa shape index (κ3) is 3.29. The molecule has 0 N–H and O–H groups in total. The van der Waals surface area contributed by atoms with Gasteiger partial charge < -0.3 is 4.42 Å². The van der Waals surface area contributed by atoms with Crippen molar-refractivity contribution < 1.29 is 9.21 Å². The van der Waals surface area contributed by atoms with Crippen LogP contribution in [0.5, 0.6) is 0 Å². The molecule has 0 unspecified atom stereocenters. The van der Waals surface area contributed by atoms with Crippen LogP contribution in [-0.4, -0.2) is 31.3 Å². The molecule has 4 rings (SSSR count). The topological polar surface area (TPSA) is 73.3 Å². The summed E-state index contributed by atoms with van der Waals surface area (Å²) in [4.78, 5) is 12.3.